The lowest BCUT2D eigenvalue weighted by Gasteiger charge is -2.41. The van der Waals surface area contributed by atoms with Gasteiger partial charge in [-0.25, -0.2) is 9.37 Å². The Bertz CT molecular complexity index is 1070. The minimum absolute atomic E-state index is 0.249. The van der Waals surface area contributed by atoms with E-state index in [9.17, 15) is 4.39 Å². The van der Waals surface area contributed by atoms with E-state index in [0.29, 0.717) is 31.4 Å². The largest absolute Gasteiger partial charge is 0.398 e. The van der Waals surface area contributed by atoms with E-state index in [0.717, 1.165) is 25.1 Å². The van der Waals surface area contributed by atoms with Crippen molar-refractivity contribution in [2.75, 3.05) is 36.1 Å². The van der Waals surface area contributed by atoms with Crippen LogP contribution in [0.5, 0.6) is 0 Å². The summed E-state index contributed by atoms with van der Waals surface area (Å²) >= 11 is 7.70. The zero-order valence-electron chi connectivity index (χ0n) is 18.2. The second kappa shape index (κ2) is 9.70. The highest BCUT2D eigenvalue weighted by molar-refractivity contribution is 7.99. The van der Waals surface area contributed by atoms with E-state index in [2.05, 4.69) is 20.1 Å². The average molecular weight is 478 g/mol. The second-order valence-corrected chi connectivity index (χ2v) is 9.96. The second-order valence-electron chi connectivity index (χ2n) is 8.53. The third kappa shape index (κ3) is 4.59. The molecule has 4 rings (SSSR count). The van der Waals surface area contributed by atoms with E-state index in [4.69, 9.17) is 23.1 Å². The minimum Gasteiger partial charge on any atom is -0.398 e. The molecule has 172 valence electrons. The third-order valence-corrected chi connectivity index (χ3v) is 8.31. The van der Waals surface area contributed by atoms with Crippen molar-refractivity contribution >= 4 is 46.9 Å². The highest BCUT2D eigenvalue weighted by Crippen LogP contribution is 2.47. The van der Waals surface area contributed by atoms with Gasteiger partial charge in [0.2, 0.25) is 0 Å². The molecule has 32 heavy (non-hydrogen) atoms. The standard InChI is InChI=1S/C22H29ClFN7S/c1-30-17(31-12-7-22(8-13-31)5-2-3-6-22)14-15(25)19(21(30)29-28-11-9-24)32-16-4-10-27-20(26)18(16)23/h4,10-11,14H,2-3,5-9,12-13,25H2,1H3,(H2,26,27)/b28-11+,29-21-. The zero-order chi connectivity index (χ0) is 22.7. The van der Waals surface area contributed by atoms with Gasteiger partial charge in [-0.15, -0.1) is 5.10 Å². The van der Waals surface area contributed by atoms with Crippen LogP contribution < -0.4 is 21.9 Å². The molecular formula is C22H29ClFN7S. The topological polar surface area (TPSA) is 97.8 Å². The van der Waals surface area contributed by atoms with Crippen molar-refractivity contribution in [1.29, 1.82) is 0 Å². The summed E-state index contributed by atoms with van der Waals surface area (Å²) in [6.07, 6.45) is 10.5. The lowest BCUT2D eigenvalue weighted by atomic mass is 9.77. The van der Waals surface area contributed by atoms with Crippen LogP contribution >= 0.6 is 23.4 Å². The van der Waals surface area contributed by atoms with Gasteiger partial charge in [0.25, 0.3) is 0 Å². The highest BCUT2D eigenvalue weighted by Gasteiger charge is 2.37. The van der Waals surface area contributed by atoms with Crippen LogP contribution in [0.15, 0.2) is 38.3 Å². The van der Waals surface area contributed by atoms with Gasteiger partial charge in [-0.2, -0.15) is 5.10 Å². The molecule has 1 saturated carbocycles. The van der Waals surface area contributed by atoms with E-state index in [1.54, 1.807) is 12.3 Å². The number of pyridine rings is 2. The summed E-state index contributed by atoms with van der Waals surface area (Å²) in [6, 6.07) is 3.75. The molecule has 1 saturated heterocycles. The molecule has 2 fully saturated rings. The quantitative estimate of drug-likeness (QED) is 0.491. The first-order chi connectivity index (χ1) is 15.4. The fraction of sp³-hybridized carbons (Fsp3) is 0.500. The third-order valence-electron chi connectivity index (χ3n) is 6.62. The summed E-state index contributed by atoms with van der Waals surface area (Å²) in [5, 5.41) is 8.56. The minimum atomic E-state index is -0.689. The van der Waals surface area contributed by atoms with Gasteiger partial charge < -0.3 is 20.9 Å². The van der Waals surface area contributed by atoms with E-state index in [-0.39, 0.29) is 5.82 Å². The summed E-state index contributed by atoms with van der Waals surface area (Å²) in [4.78, 5) is 7.77. The smallest absolute Gasteiger partial charge is 0.172 e. The molecule has 0 amide bonds. The number of nitrogens with zero attached hydrogens (tertiary/aromatic N) is 5. The van der Waals surface area contributed by atoms with Crippen molar-refractivity contribution in [3.63, 3.8) is 0 Å². The fourth-order valence-corrected chi connectivity index (χ4v) is 6.02. The molecule has 1 spiro atoms. The lowest BCUT2D eigenvalue weighted by molar-refractivity contribution is 0.225. The first kappa shape index (κ1) is 22.9. The van der Waals surface area contributed by atoms with E-state index in [1.807, 2.05) is 17.7 Å². The van der Waals surface area contributed by atoms with Crippen molar-refractivity contribution in [1.82, 2.24) is 9.55 Å². The molecule has 0 bridgehead atoms. The number of hydrogen-bond donors (Lipinski definition) is 2. The Hall–Kier alpha value is -2.26. The molecule has 0 atom stereocenters. The van der Waals surface area contributed by atoms with Gasteiger partial charge in [0.15, 0.2) is 5.49 Å². The monoisotopic (exact) mass is 477 g/mol. The molecule has 0 radical (unpaired) electrons. The van der Waals surface area contributed by atoms with Crippen LogP contribution in [-0.2, 0) is 7.05 Å². The van der Waals surface area contributed by atoms with Gasteiger partial charge in [-0.3, -0.25) is 0 Å². The van der Waals surface area contributed by atoms with Gasteiger partial charge in [-0.05, 0) is 37.2 Å². The van der Waals surface area contributed by atoms with Gasteiger partial charge >= 0.3 is 0 Å². The first-order valence-electron chi connectivity index (χ1n) is 10.9. The van der Waals surface area contributed by atoms with Crippen LogP contribution in [0.3, 0.4) is 0 Å². The average Bonchev–Trinajstić information content (AvgIpc) is 3.24. The van der Waals surface area contributed by atoms with Crippen molar-refractivity contribution in [2.45, 2.75) is 48.3 Å². The Balaban J connectivity index is 1.72. The van der Waals surface area contributed by atoms with Crippen LogP contribution in [0.4, 0.5) is 21.7 Å². The predicted octanol–water partition coefficient (Wildman–Crippen LogP) is 4.41. The zero-order valence-corrected chi connectivity index (χ0v) is 19.8. The molecule has 0 unspecified atom stereocenters. The predicted molar refractivity (Wildman–Crippen MR) is 130 cm³/mol. The molecule has 4 N–H and O–H groups in total. The number of anilines is 3. The van der Waals surface area contributed by atoms with E-state index >= 15 is 0 Å². The van der Waals surface area contributed by atoms with Gasteiger partial charge in [0.05, 0.1) is 21.8 Å². The lowest BCUT2D eigenvalue weighted by Crippen LogP contribution is -2.41. The maximum absolute atomic E-state index is 12.6. The number of nitrogen functional groups attached to an aromatic ring is 2. The molecule has 2 aromatic heterocycles. The number of aromatic nitrogens is 2. The van der Waals surface area contributed by atoms with Crippen LogP contribution in [0.1, 0.15) is 38.5 Å². The van der Waals surface area contributed by atoms with Crippen LogP contribution in [0, 0.1) is 5.41 Å². The maximum Gasteiger partial charge on any atom is 0.172 e. The number of nitrogens with two attached hydrogens (primary N) is 2. The van der Waals surface area contributed by atoms with Crippen LogP contribution in [-0.4, -0.2) is 35.5 Å². The van der Waals surface area contributed by atoms with Gasteiger partial charge in [0.1, 0.15) is 18.3 Å². The molecule has 2 aromatic rings. The Morgan fingerprint density at radius 3 is 2.66 bits per heavy atom. The number of halogens is 2. The highest BCUT2D eigenvalue weighted by atomic mass is 35.5. The van der Waals surface area contributed by atoms with Crippen molar-refractivity contribution in [2.24, 2.45) is 22.7 Å². The number of piperidine rings is 1. The molecule has 1 aliphatic heterocycles. The molecule has 2 aliphatic rings. The SMILES string of the molecule is Cn1c(N2CCC3(CCCC3)CC2)cc(N)c(Sc2ccnc(N)c2Cl)/c1=N/N=C/CF. The summed E-state index contributed by atoms with van der Waals surface area (Å²) in [5.74, 6) is 1.23. The Kier molecular flexibility index (Phi) is 6.95. The maximum atomic E-state index is 12.6. The number of rotatable bonds is 5. The molecule has 1 aliphatic carbocycles. The molecule has 7 nitrogen and oxygen atoms in total. The normalized spacial score (nSPS) is 18.8. The molecule has 10 heteroatoms. The van der Waals surface area contributed by atoms with Gasteiger partial charge in [0, 0.05) is 37.3 Å². The number of alkyl halides is 1. The Morgan fingerprint density at radius 1 is 1.25 bits per heavy atom. The molecular weight excluding hydrogens is 449 g/mol. The van der Waals surface area contributed by atoms with Crippen molar-refractivity contribution in [3.8, 4) is 0 Å². The summed E-state index contributed by atoms with van der Waals surface area (Å²) in [7, 11) is 1.94. The Morgan fingerprint density at radius 2 is 1.97 bits per heavy atom. The van der Waals surface area contributed by atoms with E-state index in [1.165, 1.54) is 50.3 Å². The van der Waals surface area contributed by atoms with E-state index < -0.39 is 6.67 Å². The van der Waals surface area contributed by atoms with Crippen molar-refractivity contribution < 1.29 is 4.39 Å². The molecule has 0 aromatic carbocycles. The van der Waals surface area contributed by atoms with Crippen LogP contribution in [0.2, 0.25) is 5.02 Å². The summed E-state index contributed by atoms with van der Waals surface area (Å²) < 4.78 is 14.6. The summed E-state index contributed by atoms with van der Waals surface area (Å²) in [5.41, 5.74) is 14.0. The summed E-state index contributed by atoms with van der Waals surface area (Å²) in [6.45, 7) is 1.28. The molecule has 3 heterocycles. The van der Waals surface area contributed by atoms with Crippen molar-refractivity contribution in [3.05, 3.63) is 28.8 Å². The number of hydrogen-bond acceptors (Lipinski definition) is 7. The van der Waals surface area contributed by atoms with Gasteiger partial charge in [-0.1, -0.05) is 36.2 Å². The first-order valence-corrected chi connectivity index (χ1v) is 12.1. The Labute approximate surface area is 196 Å². The fourth-order valence-electron chi connectivity index (χ4n) is 4.80. The van der Waals surface area contributed by atoms with Crippen LogP contribution in [0.25, 0.3) is 0 Å².